The largest absolute Gasteiger partial charge is 0.463 e. The summed E-state index contributed by atoms with van der Waals surface area (Å²) in [5.41, 5.74) is 6.10. The molecule has 5 atom stereocenters. The molecule has 1 aromatic rings. The van der Waals surface area contributed by atoms with Crippen molar-refractivity contribution in [1.82, 2.24) is 0 Å². The molecule has 0 unspecified atom stereocenters. The number of carbonyl (C=O) groups is 1. The molecule has 0 aliphatic carbocycles. The van der Waals surface area contributed by atoms with Gasteiger partial charge in [-0.1, -0.05) is 0 Å². The molecule has 2 rings (SSSR count). The average molecular weight is 313 g/mol. The Morgan fingerprint density at radius 1 is 1.18 bits per heavy atom. The molecule has 1 heterocycles. The lowest BCUT2D eigenvalue weighted by atomic mass is 9.99. The van der Waals surface area contributed by atoms with Gasteiger partial charge in [0.05, 0.1) is 0 Å². The highest BCUT2D eigenvalue weighted by Gasteiger charge is 2.45. The van der Waals surface area contributed by atoms with E-state index in [9.17, 15) is 20.1 Å². The molecular formula is C14H19NO7. The summed E-state index contributed by atoms with van der Waals surface area (Å²) in [7, 11) is 0. The summed E-state index contributed by atoms with van der Waals surface area (Å²) in [5, 5.41) is 29.6. The summed E-state index contributed by atoms with van der Waals surface area (Å²) < 4.78 is 15.6. The molecule has 8 heteroatoms. The van der Waals surface area contributed by atoms with E-state index in [-0.39, 0.29) is 6.61 Å². The van der Waals surface area contributed by atoms with Crippen LogP contribution in [0.25, 0.3) is 0 Å². The lowest BCUT2D eigenvalue weighted by Gasteiger charge is -2.39. The van der Waals surface area contributed by atoms with Gasteiger partial charge in [-0.2, -0.15) is 0 Å². The SMILES string of the molecule is CC(=O)OC[C@H]1O[C@@H](Oc2ccc(N)cc2)[C@H](O)[C@@H](O)[C@H]1O. The fourth-order valence-corrected chi connectivity index (χ4v) is 2.03. The zero-order chi connectivity index (χ0) is 16.3. The summed E-state index contributed by atoms with van der Waals surface area (Å²) in [6.45, 7) is 0.949. The van der Waals surface area contributed by atoms with Crippen LogP contribution in [0.3, 0.4) is 0 Å². The first-order chi connectivity index (χ1) is 10.4. The van der Waals surface area contributed by atoms with Crippen LogP contribution in [0, 0.1) is 0 Å². The molecule has 0 spiro atoms. The third-order valence-electron chi connectivity index (χ3n) is 3.25. The van der Waals surface area contributed by atoms with E-state index in [1.165, 1.54) is 6.92 Å². The van der Waals surface area contributed by atoms with Crippen molar-refractivity contribution in [1.29, 1.82) is 0 Å². The van der Waals surface area contributed by atoms with E-state index in [1.807, 2.05) is 0 Å². The highest BCUT2D eigenvalue weighted by Crippen LogP contribution is 2.25. The van der Waals surface area contributed by atoms with E-state index >= 15 is 0 Å². The van der Waals surface area contributed by atoms with E-state index in [0.717, 1.165) is 0 Å². The van der Waals surface area contributed by atoms with Gasteiger partial charge in [0.2, 0.25) is 6.29 Å². The Balaban J connectivity index is 2.05. The van der Waals surface area contributed by atoms with Gasteiger partial charge >= 0.3 is 5.97 Å². The molecule has 1 aliphatic rings. The fraction of sp³-hybridized carbons (Fsp3) is 0.500. The minimum atomic E-state index is -1.49. The summed E-state index contributed by atoms with van der Waals surface area (Å²) >= 11 is 0. The normalized spacial score (nSPS) is 31.5. The van der Waals surface area contributed by atoms with Crippen LogP contribution in [-0.2, 0) is 14.3 Å². The number of hydrogen-bond acceptors (Lipinski definition) is 8. The smallest absolute Gasteiger partial charge is 0.302 e. The van der Waals surface area contributed by atoms with Crippen LogP contribution in [0.4, 0.5) is 5.69 Å². The minimum Gasteiger partial charge on any atom is -0.463 e. The molecule has 22 heavy (non-hydrogen) atoms. The van der Waals surface area contributed by atoms with Crippen LogP contribution in [0.1, 0.15) is 6.92 Å². The number of esters is 1. The Hall–Kier alpha value is -1.87. The van der Waals surface area contributed by atoms with Gasteiger partial charge in [-0.3, -0.25) is 4.79 Å². The predicted molar refractivity (Wildman–Crippen MR) is 74.8 cm³/mol. The quantitative estimate of drug-likeness (QED) is 0.412. The van der Waals surface area contributed by atoms with Crippen molar-refractivity contribution in [2.24, 2.45) is 0 Å². The highest BCUT2D eigenvalue weighted by molar-refractivity contribution is 5.65. The third kappa shape index (κ3) is 3.86. The van der Waals surface area contributed by atoms with Gasteiger partial charge in [0.25, 0.3) is 0 Å². The van der Waals surface area contributed by atoms with E-state index in [4.69, 9.17) is 19.9 Å². The number of anilines is 1. The molecule has 122 valence electrons. The first kappa shape index (κ1) is 16.5. The number of nitrogen functional groups attached to an aromatic ring is 1. The molecule has 1 saturated heterocycles. The van der Waals surface area contributed by atoms with Crippen molar-refractivity contribution in [2.75, 3.05) is 12.3 Å². The zero-order valence-corrected chi connectivity index (χ0v) is 12.0. The third-order valence-corrected chi connectivity index (χ3v) is 3.25. The van der Waals surface area contributed by atoms with Crippen molar-refractivity contribution in [3.05, 3.63) is 24.3 Å². The van der Waals surface area contributed by atoms with Gasteiger partial charge in [0.15, 0.2) is 0 Å². The first-order valence-corrected chi connectivity index (χ1v) is 6.73. The number of carbonyl (C=O) groups excluding carboxylic acids is 1. The number of aliphatic hydroxyl groups excluding tert-OH is 3. The zero-order valence-electron chi connectivity index (χ0n) is 12.0. The molecule has 1 aromatic carbocycles. The Bertz CT molecular complexity index is 506. The van der Waals surface area contributed by atoms with E-state index in [2.05, 4.69) is 0 Å². The molecule has 0 amide bonds. The molecule has 0 aromatic heterocycles. The Morgan fingerprint density at radius 3 is 2.41 bits per heavy atom. The Morgan fingerprint density at radius 2 is 1.82 bits per heavy atom. The number of nitrogens with two attached hydrogens (primary N) is 1. The second kappa shape index (κ2) is 6.93. The van der Waals surface area contributed by atoms with Crippen molar-refractivity contribution in [3.63, 3.8) is 0 Å². The standard InChI is InChI=1S/C14H19NO7/c1-7(16)20-6-10-11(17)12(18)13(19)14(22-10)21-9-4-2-8(15)3-5-9/h2-5,10-14,17-19H,6,15H2,1H3/t10-,11+,12+,13-,14-/m1/s1. The Kier molecular flexibility index (Phi) is 5.19. The Labute approximate surface area is 127 Å². The maximum Gasteiger partial charge on any atom is 0.302 e. The van der Waals surface area contributed by atoms with E-state index in [0.29, 0.717) is 11.4 Å². The van der Waals surface area contributed by atoms with Crippen LogP contribution in [0.2, 0.25) is 0 Å². The van der Waals surface area contributed by atoms with Gasteiger partial charge in [-0.15, -0.1) is 0 Å². The maximum atomic E-state index is 10.8. The molecule has 0 bridgehead atoms. The molecular weight excluding hydrogens is 294 g/mol. The summed E-state index contributed by atoms with van der Waals surface area (Å²) in [4.78, 5) is 10.8. The van der Waals surface area contributed by atoms with Gasteiger partial charge in [-0.25, -0.2) is 0 Å². The monoisotopic (exact) mass is 313 g/mol. The number of ether oxygens (including phenoxy) is 3. The van der Waals surface area contributed by atoms with Gasteiger partial charge in [-0.05, 0) is 24.3 Å². The number of hydrogen-bond donors (Lipinski definition) is 4. The van der Waals surface area contributed by atoms with Gasteiger partial charge < -0.3 is 35.3 Å². The molecule has 1 aliphatic heterocycles. The summed E-state index contributed by atoms with van der Waals surface area (Å²) in [5.74, 6) is -0.180. The molecule has 1 fully saturated rings. The van der Waals surface area contributed by atoms with Crippen LogP contribution in [0.15, 0.2) is 24.3 Å². The van der Waals surface area contributed by atoms with E-state index in [1.54, 1.807) is 24.3 Å². The van der Waals surface area contributed by atoms with Gasteiger partial charge in [0.1, 0.15) is 36.8 Å². The van der Waals surface area contributed by atoms with Crippen molar-refractivity contribution in [2.45, 2.75) is 37.6 Å². The molecule has 0 saturated carbocycles. The lowest BCUT2D eigenvalue weighted by Crippen LogP contribution is -2.60. The maximum absolute atomic E-state index is 10.8. The number of rotatable bonds is 4. The molecule has 8 nitrogen and oxygen atoms in total. The molecule has 0 radical (unpaired) electrons. The highest BCUT2D eigenvalue weighted by atomic mass is 16.7. The van der Waals surface area contributed by atoms with Crippen LogP contribution < -0.4 is 10.5 Å². The van der Waals surface area contributed by atoms with Crippen LogP contribution in [0.5, 0.6) is 5.75 Å². The van der Waals surface area contributed by atoms with Crippen LogP contribution >= 0.6 is 0 Å². The van der Waals surface area contributed by atoms with Crippen molar-refractivity contribution in [3.8, 4) is 5.75 Å². The lowest BCUT2D eigenvalue weighted by molar-refractivity contribution is -0.278. The van der Waals surface area contributed by atoms with E-state index < -0.39 is 36.7 Å². The second-order valence-corrected chi connectivity index (χ2v) is 5.00. The number of benzene rings is 1. The average Bonchev–Trinajstić information content (AvgIpc) is 2.48. The van der Waals surface area contributed by atoms with Crippen molar-refractivity contribution >= 4 is 11.7 Å². The summed E-state index contributed by atoms with van der Waals surface area (Å²) in [6, 6.07) is 6.35. The van der Waals surface area contributed by atoms with Crippen LogP contribution in [-0.4, -0.2) is 58.6 Å². The van der Waals surface area contributed by atoms with Crippen molar-refractivity contribution < 1.29 is 34.3 Å². The second-order valence-electron chi connectivity index (χ2n) is 5.00. The predicted octanol–water partition coefficient (Wildman–Crippen LogP) is -0.982. The first-order valence-electron chi connectivity index (χ1n) is 6.73. The number of aliphatic hydroxyl groups is 3. The molecule has 5 N–H and O–H groups in total. The van der Waals surface area contributed by atoms with Gasteiger partial charge in [0, 0.05) is 12.6 Å². The topological polar surface area (TPSA) is 131 Å². The minimum absolute atomic E-state index is 0.262. The fourth-order valence-electron chi connectivity index (χ4n) is 2.03. The summed E-state index contributed by atoms with van der Waals surface area (Å²) in [6.07, 6.45) is -6.58.